The van der Waals surface area contributed by atoms with Crippen molar-refractivity contribution < 1.29 is 49.4 Å². The third kappa shape index (κ3) is 12.3. The smallest absolute Gasteiger partial charge is 0.313 e. The highest BCUT2D eigenvalue weighted by atomic mass is 127. The van der Waals surface area contributed by atoms with E-state index in [9.17, 15) is 35.2 Å². The lowest BCUT2D eigenvalue weighted by atomic mass is 10.1. The average molecular weight is 1210 g/mol. The molecular formula is C42H43Br2Cl2F2IN4O9S2. The maximum atomic E-state index is 14.9. The molecule has 0 spiro atoms. The van der Waals surface area contributed by atoms with Gasteiger partial charge in [-0.2, -0.15) is 0 Å². The number of benzene rings is 2. The Balaban J connectivity index is 0.000000239. The number of hydrogen-bond acceptors (Lipinski definition) is 13. The van der Waals surface area contributed by atoms with Gasteiger partial charge in [-0.3, -0.25) is 19.6 Å². The van der Waals surface area contributed by atoms with Crippen molar-refractivity contribution in [3.63, 3.8) is 0 Å². The molecule has 5 heterocycles. The van der Waals surface area contributed by atoms with Crippen molar-refractivity contribution in [2.45, 2.75) is 71.8 Å². The van der Waals surface area contributed by atoms with E-state index in [1.165, 1.54) is 54.2 Å². The van der Waals surface area contributed by atoms with Crippen molar-refractivity contribution in [2.75, 3.05) is 17.6 Å². The van der Waals surface area contributed by atoms with E-state index in [4.69, 9.17) is 37.4 Å². The Bertz CT molecular complexity index is 2680. The number of aromatic nitrogens is 4. The molecule has 3 aliphatic heterocycles. The summed E-state index contributed by atoms with van der Waals surface area (Å²) in [5, 5.41) is -1.39. The van der Waals surface area contributed by atoms with Crippen molar-refractivity contribution in [1.29, 1.82) is 0 Å². The lowest BCUT2D eigenvalue weighted by Gasteiger charge is -2.28. The molecule has 13 nitrogen and oxygen atoms in total. The summed E-state index contributed by atoms with van der Waals surface area (Å²) in [5.74, 6) is -5.48. The molecule has 3 aliphatic rings. The number of nitrogens with zero attached hydrogens (tertiary/aromatic N) is 4. The van der Waals surface area contributed by atoms with Gasteiger partial charge in [0.25, 0.3) is 0 Å². The monoisotopic (exact) mass is 1200 g/mol. The molecule has 1 saturated heterocycles. The zero-order valence-corrected chi connectivity index (χ0v) is 43.7. The standard InChI is InChI=1S/C19H17BrClFN2O4S.C17H13BrClFN2O4S.C4H8O.C2H5I/c1-4-12-15-16(24-8-7-23-15)17(28-19(25)9(2)3)18(29(12,26)27)13-11(22)6-5-10(20)14(13)21;1-8(2)17(23)26-15-14-11(21-5-6-22-14)7-27(24,25)16(15)12-10(20)4-3-9(18)13(12)19;1-2-4-5-3-1;1-2-3/h5-9,12H,4H2,1-3H3;3-6,8H,7H2,1-2H3;1-4H2;2H2,1H3. The van der Waals surface area contributed by atoms with Gasteiger partial charge < -0.3 is 14.2 Å². The summed E-state index contributed by atoms with van der Waals surface area (Å²) in [6.07, 6.45) is 8.08. The number of carbonyl (C=O) groups is 2. The third-order valence-electron chi connectivity index (χ3n) is 9.03. The number of rotatable bonds is 7. The van der Waals surface area contributed by atoms with Crippen LogP contribution in [0.2, 0.25) is 10.0 Å². The van der Waals surface area contributed by atoms with Gasteiger partial charge in [-0.05, 0) is 79.8 Å². The largest absolute Gasteiger partial charge is 0.423 e. The second-order valence-electron chi connectivity index (χ2n) is 14.3. The Morgan fingerprint density at radius 1 is 0.766 bits per heavy atom. The molecular weight excluding hydrogens is 1160 g/mol. The minimum atomic E-state index is -4.21. The van der Waals surface area contributed by atoms with Gasteiger partial charge in [0.15, 0.2) is 31.2 Å². The van der Waals surface area contributed by atoms with Gasteiger partial charge >= 0.3 is 11.9 Å². The second-order valence-corrected chi connectivity index (χ2v) is 22.3. The van der Waals surface area contributed by atoms with Gasteiger partial charge in [-0.1, -0.05) is 87.3 Å². The summed E-state index contributed by atoms with van der Waals surface area (Å²) in [7, 11) is -8.33. The number of sulfone groups is 2. The highest BCUT2D eigenvalue weighted by Crippen LogP contribution is 2.49. The number of hydrogen-bond donors (Lipinski definition) is 0. The Labute approximate surface area is 411 Å². The first kappa shape index (κ1) is 53.6. The Morgan fingerprint density at radius 3 is 1.66 bits per heavy atom. The van der Waals surface area contributed by atoms with E-state index >= 15 is 0 Å². The van der Waals surface area contributed by atoms with E-state index in [0.29, 0.717) is 8.95 Å². The second kappa shape index (κ2) is 23.6. The van der Waals surface area contributed by atoms with Crippen LogP contribution in [0.3, 0.4) is 0 Å². The van der Waals surface area contributed by atoms with Crippen LogP contribution in [0.4, 0.5) is 8.78 Å². The van der Waals surface area contributed by atoms with Crippen LogP contribution in [0.15, 0.2) is 58.0 Å². The van der Waals surface area contributed by atoms with Crippen molar-refractivity contribution in [3.8, 4) is 0 Å². The first-order valence-electron chi connectivity index (χ1n) is 19.6. The van der Waals surface area contributed by atoms with Gasteiger partial charge in [0, 0.05) is 46.9 Å². The number of carbonyl (C=O) groups excluding carboxylic acids is 2. The number of halogens is 7. The normalized spacial score (nSPS) is 16.9. The molecule has 0 amide bonds. The van der Waals surface area contributed by atoms with Crippen LogP contribution in [-0.2, 0) is 49.2 Å². The quantitative estimate of drug-likeness (QED) is 0.0738. The Hall–Kier alpha value is -2.99. The van der Waals surface area contributed by atoms with E-state index in [1.807, 2.05) is 0 Å². The fourth-order valence-electron chi connectivity index (χ4n) is 5.99. The summed E-state index contributed by atoms with van der Waals surface area (Å²) in [4.78, 5) is 40.0. The lowest BCUT2D eigenvalue weighted by molar-refractivity contribution is -0.141. The van der Waals surface area contributed by atoms with E-state index in [2.05, 4.69) is 81.3 Å². The van der Waals surface area contributed by atoms with Gasteiger partial charge in [0.1, 0.15) is 38.1 Å². The minimum absolute atomic E-state index is 0.0618. The maximum Gasteiger partial charge on any atom is 0.313 e. The molecule has 0 radical (unpaired) electrons. The summed E-state index contributed by atoms with van der Waals surface area (Å²) >= 11 is 21.1. The van der Waals surface area contributed by atoms with Crippen molar-refractivity contribution >= 4 is 131 Å². The molecule has 64 heavy (non-hydrogen) atoms. The van der Waals surface area contributed by atoms with Gasteiger partial charge in [0.2, 0.25) is 0 Å². The molecule has 1 unspecified atom stereocenters. The summed E-state index contributed by atoms with van der Waals surface area (Å²) in [5.41, 5.74) is -0.354. The first-order chi connectivity index (χ1) is 30.2. The first-order valence-corrected chi connectivity index (χ1v) is 26.6. The van der Waals surface area contributed by atoms with Crippen LogP contribution >= 0.6 is 77.7 Å². The van der Waals surface area contributed by atoms with E-state index in [-0.39, 0.29) is 61.9 Å². The fourth-order valence-corrected chi connectivity index (χ4v) is 11.0. The predicted octanol–water partition coefficient (Wildman–Crippen LogP) is 11.2. The van der Waals surface area contributed by atoms with E-state index in [0.717, 1.165) is 25.3 Å². The number of ether oxygens (including phenoxy) is 3. The van der Waals surface area contributed by atoms with Crippen molar-refractivity contribution in [3.05, 3.63) is 114 Å². The molecule has 0 saturated carbocycles. The van der Waals surface area contributed by atoms with Crippen LogP contribution in [0.25, 0.3) is 21.3 Å². The molecule has 1 fully saturated rings. The summed E-state index contributed by atoms with van der Waals surface area (Å²) in [6.45, 7) is 12.1. The number of esters is 2. The van der Waals surface area contributed by atoms with Gasteiger partial charge in [-0.25, -0.2) is 35.6 Å². The summed E-state index contributed by atoms with van der Waals surface area (Å²) < 4.78 is 100. The van der Waals surface area contributed by atoms with E-state index < -0.39 is 75.9 Å². The molecule has 1 atom stereocenters. The molecule has 0 N–H and O–H groups in total. The van der Waals surface area contributed by atoms with Crippen LogP contribution in [0, 0.1) is 23.5 Å². The molecule has 0 bridgehead atoms. The molecule has 2 aromatic carbocycles. The highest BCUT2D eigenvalue weighted by Gasteiger charge is 2.45. The maximum absolute atomic E-state index is 14.9. The Kier molecular flexibility index (Phi) is 19.8. The van der Waals surface area contributed by atoms with Crippen LogP contribution in [-0.4, -0.2) is 66.4 Å². The third-order valence-corrected chi connectivity index (χ3v) is 15.5. The Morgan fingerprint density at radius 2 is 1.20 bits per heavy atom. The SMILES string of the molecule is C1CCOC1.CC(C)C(=O)OC1=C(c2c(F)ccc(Br)c2Cl)S(=O)(=O)Cc2nccnc21.CCC1c2nccnc2C(OC(=O)C(C)C)=C(c2c(F)ccc(Br)c2Cl)S1(=O)=O.CCI. The predicted molar refractivity (Wildman–Crippen MR) is 257 cm³/mol. The van der Waals surface area contributed by atoms with Gasteiger partial charge in [0.05, 0.1) is 50.1 Å². The van der Waals surface area contributed by atoms with Crippen LogP contribution in [0.5, 0.6) is 0 Å². The minimum Gasteiger partial charge on any atom is -0.423 e. The van der Waals surface area contributed by atoms with Crippen molar-refractivity contribution in [2.24, 2.45) is 11.8 Å². The molecule has 4 aromatic rings. The zero-order chi connectivity index (χ0) is 47.7. The summed E-state index contributed by atoms with van der Waals surface area (Å²) in [6, 6.07) is 4.87. The molecule has 0 aliphatic carbocycles. The lowest BCUT2D eigenvalue weighted by Crippen LogP contribution is -2.26. The highest BCUT2D eigenvalue weighted by molar-refractivity contribution is 14.1. The fraction of sp³-hybridized carbons (Fsp3) is 0.381. The van der Waals surface area contributed by atoms with Gasteiger partial charge in [-0.15, -0.1) is 0 Å². The van der Waals surface area contributed by atoms with Crippen LogP contribution in [0.1, 0.15) is 100.0 Å². The average Bonchev–Trinajstić information content (AvgIpc) is 3.84. The number of fused-ring (bicyclic) bond motifs is 2. The molecule has 346 valence electrons. The molecule has 2 aromatic heterocycles. The van der Waals surface area contributed by atoms with E-state index in [1.54, 1.807) is 34.6 Å². The molecule has 7 rings (SSSR count). The topological polar surface area (TPSA) is 182 Å². The zero-order valence-electron chi connectivity index (χ0n) is 35.2. The molecule has 22 heteroatoms. The van der Waals surface area contributed by atoms with Crippen molar-refractivity contribution in [1.82, 2.24) is 19.9 Å². The number of alkyl halides is 1. The van der Waals surface area contributed by atoms with Crippen LogP contribution < -0.4 is 0 Å².